The lowest BCUT2D eigenvalue weighted by molar-refractivity contribution is -0.0707. The Labute approximate surface area is 113 Å². The van der Waals surface area contributed by atoms with Crippen molar-refractivity contribution in [2.45, 2.75) is 36.8 Å². The molecule has 0 radical (unpaired) electrons. The number of nitrogens with one attached hydrogen (secondary N) is 1. The predicted molar refractivity (Wildman–Crippen MR) is 74.6 cm³/mol. The van der Waals surface area contributed by atoms with E-state index in [-0.39, 0.29) is 11.1 Å². The first kappa shape index (κ1) is 11.4. The van der Waals surface area contributed by atoms with Crippen LogP contribution in [0.15, 0.2) is 30.4 Å². The molecule has 2 fully saturated rings. The van der Waals surface area contributed by atoms with Crippen molar-refractivity contribution in [1.82, 2.24) is 0 Å². The molecule has 0 bridgehead atoms. The van der Waals surface area contributed by atoms with Crippen LogP contribution in [0.5, 0.6) is 5.75 Å². The summed E-state index contributed by atoms with van der Waals surface area (Å²) in [7, 11) is 1.72. The summed E-state index contributed by atoms with van der Waals surface area (Å²) in [6.07, 6.45) is 4.48. The van der Waals surface area contributed by atoms with E-state index in [1.54, 1.807) is 7.11 Å². The van der Waals surface area contributed by atoms with Crippen LogP contribution >= 0.6 is 0 Å². The largest absolute Gasteiger partial charge is 0.497 e. The number of hydrogen-bond acceptors (Lipinski definition) is 3. The zero-order valence-corrected chi connectivity index (χ0v) is 11.3. The highest BCUT2D eigenvalue weighted by Gasteiger charge is 2.63. The van der Waals surface area contributed by atoms with Gasteiger partial charge in [-0.1, -0.05) is 12.2 Å². The molecule has 3 aliphatic rings. The predicted octanol–water partition coefficient (Wildman–Crippen LogP) is 3.22. The Kier molecular flexibility index (Phi) is 2.12. The number of ether oxygens (including phenoxy) is 2. The zero-order chi connectivity index (χ0) is 13.1. The molecule has 2 aliphatic heterocycles. The van der Waals surface area contributed by atoms with E-state index in [1.165, 1.54) is 29.7 Å². The average Bonchev–Trinajstić information content (AvgIpc) is 2.89. The van der Waals surface area contributed by atoms with Crippen LogP contribution in [0.1, 0.15) is 31.2 Å². The number of fused-ring (bicyclic) bond motifs is 1. The maximum absolute atomic E-state index is 6.22. The average molecular weight is 257 g/mol. The van der Waals surface area contributed by atoms with Gasteiger partial charge in [0.25, 0.3) is 0 Å². The molecule has 3 nitrogen and oxygen atoms in total. The number of anilines is 1. The molecule has 4 rings (SSSR count). The Hall–Kier alpha value is -1.48. The highest BCUT2D eigenvalue weighted by molar-refractivity contribution is 5.67. The number of benzene rings is 1. The summed E-state index contributed by atoms with van der Waals surface area (Å²) >= 11 is 0. The van der Waals surface area contributed by atoms with Crippen molar-refractivity contribution in [3.63, 3.8) is 0 Å². The summed E-state index contributed by atoms with van der Waals surface area (Å²) in [4.78, 5) is 0. The van der Waals surface area contributed by atoms with Gasteiger partial charge in [0, 0.05) is 11.1 Å². The van der Waals surface area contributed by atoms with Crippen molar-refractivity contribution >= 4 is 5.69 Å². The molecule has 1 saturated carbocycles. The van der Waals surface area contributed by atoms with E-state index in [0.717, 1.165) is 18.6 Å². The lowest BCUT2D eigenvalue weighted by Crippen LogP contribution is -2.54. The first-order chi connectivity index (χ1) is 9.19. The van der Waals surface area contributed by atoms with Gasteiger partial charge in [0.05, 0.1) is 13.7 Å². The smallest absolute Gasteiger partial charge is 0.149 e. The minimum Gasteiger partial charge on any atom is -0.497 e. The van der Waals surface area contributed by atoms with Crippen molar-refractivity contribution in [2.24, 2.45) is 0 Å². The summed E-state index contributed by atoms with van der Waals surface area (Å²) in [5, 5.41) is 3.66. The quantitative estimate of drug-likeness (QED) is 0.784. The molecule has 0 aromatic heterocycles. The van der Waals surface area contributed by atoms with Crippen molar-refractivity contribution in [2.75, 3.05) is 19.0 Å². The number of rotatable bonds is 1. The molecule has 1 saturated heterocycles. The van der Waals surface area contributed by atoms with Gasteiger partial charge in [-0.25, -0.2) is 0 Å². The molecule has 1 aromatic carbocycles. The van der Waals surface area contributed by atoms with E-state index in [2.05, 4.69) is 24.0 Å². The maximum atomic E-state index is 6.22. The topological polar surface area (TPSA) is 30.5 Å². The first-order valence-electron chi connectivity index (χ1n) is 6.96. The van der Waals surface area contributed by atoms with Crippen LogP contribution in [0.25, 0.3) is 0 Å². The SMILES string of the molecule is C=C1CO[C@@]23CCC[C@]2(C1)c1cc(OC)ccc1N3. The minimum absolute atomic E-state index is 0.0617. The fourth-order valence-electron chi connectivity index (χ4n) is 4.26. The van der Waals surface area contributed by atoms with Gasteiger partial charge in [-0.05, 0) is 49.4 Å². The highest BCUT2D eigenvalue weighted by atomic mass is 16.5. The third-order valence-electron chi connectivity index (χ3n) is 5.06. The Morgan fingerprint density at radius 3 is 3.11 bits per heavy atom. The molecule has 0 amide bonds. The van der Waals surface area contributed by atoms with Gasteiger partial charge in [-0.2, -0.15) is 0 Å². The molecule has 100 valence electrons. The molecule has 3 heteroatoms. The summed E-state index contributed by atoms with van der Waals surface area (Å²) in [5.41, 5.74) is 3.62. The first-order valence-corrected chi connectivity index (χ1v) is 6.96. The van der Waals surface area contributed by atoms with E-state index in [9.17, 15) is 0 Å². The molecule has 2 heterocycles. The Bertz CT molecular complexity index is 568. The van der Waals surface area contributed by atoms with Crippen molar-refractivity contribution in [3.05, 3.63) is 35.9 Å². The molecule has 1 aromatic rings. The maximum Gasteiger partial charge on any atom is 0.149 e. The Morgan fingerprint density at radius 1 is 1.37 bits per heavy atom. The van der Waals surface area contributed by atoms with Gasteiger partial charge >= 0.3 is 0 Å². The van der Waals surface area contributed by atoms with E-state index >= 15 is 0 Å². The van der Waals surface area contributed by atoms with Gasteiger partial charge in [0.15, 0.2) is 0 Å². The fourth-order valence-corrected chi connectivity index (χ4v) is 4.26. The number of methoxy groups -OCH3 is 1. The Balaban J connectivity index is 1.91. The van der Waals surface area contributed by atoms with Crippen LogP contribution in [0, 0.1) is 0 Å². The van der Waals surface area contributed by atoms with Gasteiger partial charge < -0.3 is 14.8 Å². The van der Waals surface area contributed by atoms with Crippen LogP contribution in [-0.4, -0.2) is 19.4 Å². The Morgan fingerprint density at radius 2 is 2.26 bits per heavy atom. The summed E-state index contributed by atoms with van der Waals surface area (Å²) in [5.74, 6) is 0.925. The van der Waals surface area contributed by atoms with E-state index < -0.39 is 0 Å². The zero-order valence-electron chi connectivity index (χ0n) is 11.3. The van der Waals surface area contributed by atoms with Crippen LogP contribution in [-0.2, 0) is 10.2 Å². The molecular formula is C16H19NO2. The molecule has 1 N–H and O–H groups in total. The third kappa shape index (κ3) is 1.26. The lowest BCUT2D eigenvalue weighted by Gasteiger charge is -2.45. The second kappa shape index (κ2) is 3.54. The summed E-state index contributed by atoms with van der Waals surface area (Å²) < 4.78 is 11.6. The minimum atomic E-state index is -0.205. The summed E-state index contributed by atoms with van der Waals surface area (Å²) in [6, 6.07) is 6.31. The van der Waals surface area contributed by atoms with Crippen LogP contribution in [0.2, 0.25) is 0 Å². The molecule has 19 heavy (non-hydrogen) atoms. The van der Waals surface area contributed by atoms with E-state index in [4.69, 9.17) is 9.47 Å². The van der Waals surface area contributed by atoms with Crippen LogP contribution in [0.3, 0.4) is 0 Å². The van der Waals surface area contributed by atoms with Crippen LogP contribution in [0.4, 0.5) is 5.69 Å². The standard InChI is InChI=1S/C16H19NO2/c1-11-9-15-6-3-7-16(15,19-10-11)17-14-5-4-12(18-2)8-13(14)15/h4-5,8,17H,1,3,6-7,9-10H2,2H3/t15-,16-/m0/s1. The van der Waals surface area contributed by atoms with Gasteiger partial charge in [-0.15, -0.1) is 0 Å². The highest BCUT2D eigenvalue weighted by Crippen LogP contribution is 2.62. The lowest BCUT2D eigenvalue weighted by atomic mass is 9.70. The molecule has 2 atom stereocenters. The second-order valence-corrected chi connectivity index (χ2v) is 6.01. The fraction of sp³-hybridized carbons (Fsp3) is 0.500. The van der Waals surface area contributed by atoms with Crippen LogP contribution < -0.4 is 10.1 Å². The van der Waals surface area contributed by atoms with E-state index in [1.807, 2.05) is 6.07 Å². The van der Waals surface area contributed by atoms with Gasteiger partial charge in [0.1, 0.15) is 11.5 Å². The van der Waals surface area contributed by atoms with Gasteiger partial charge in [0.2, 0.25) is 0 Å². The molecule has 0 spiro atoms. The molecule has 0 unspecified atom stereocenters. The monoisotopic (exact) mass is 257 g/mol. The van der Waals surface area contributed by atoms with Gasteiger partial charge in [-0.3, -0.25) is 0 Å². The van der Waals surface area contributed by atoms with Crippen molar-refractivity contribution < 1.29 is 9.47 Å². The normalized spacial score (nSPS) is 35.3. The second-order valence-electron chi connectivity index (χ2n) is 6.01. The summed E-state index contributed by atoms with van der Waals surface area (Å²) in [6.45, 7) is 4.84. The van der Waals surface area contributed by atoms with Crippen molar-refractivity contribution in [1.29, 1.82) is 0 Å². The molecular weight excluding hydrogens is 238 g/mol. The van der Waals surface area contributed by atoms with Crippen molar-refractivity contribution in [3.8, 4) is 5.75 Å². The third-order valence-corrected chi connectivity index (χ3v) is 5.06. The number of hydrogen-bond donors (Lipinski definition) is 1. The van der Waals surface area contributed by atoms with E-state index in [0.29, 0.717) is 6.61 Å². The molecule has 1 aliphatic carbocycles.